The normalized spacial score (nSPS) is 15.2. The van der Waals surface area contributed by atoms with Crippen LogP contribution in [0.4, 0.5) is 16.0 Å². The van der Waals surface area contributed by atoms with Crippen LogP contribution in [0.15, 0.2) is 36.4 Å². The van der Waals surface area contributed by atoms with Crippen molar-refractivity contribution in [2.24, 2.45) is 0 Å². The van der Waals surface area contributed by atoms with E-state index < -0.39 is 11.7 Å². The first kappa shape index (κ1) is 15.4. The molecule has 0 aliphatic heterocycles. The highest BCUT2D eigenvalue weighted by atomic mass is 19.1. The van der Waals surface area contributed by atoms with Crippen LogP contribution < -0.4 is 10.6 Å². The average Bonchev–Trinajstić information content (AvgIpc) is 2.57. The van der Waals surface area contributed by atoms with E-state index in [4.69, 9.17) is 0 Å². The Morgan fingerprint density at radius 3 is 2.48 bits per heavy atom. The van der Waals surface area contributed by atoms with E-state index in [1.54, 1.807) is 18.2 Å². The van der Waals surface area contributed by atoms with Gasteiger partial charge in [0.15, 0.2) is 5.82 Å². The van der Waals surface area contributed by atoms with Gasteiger partial charge in [0, 0.05) is 11.6 Å². The molecule has 1 aliphatic carbocycles. The van der Waals surface area contributed by atoms with Gasteiger partial charge in [0.2, 0.25) is 0 Å². The number of nitrogens with one attached hydrogen (secondary N) is 2. The van der Waals surface area contributed by atoms with E-state index in [-0.39, 0.29) is 5.56 Å². The van der Waals surface area contributed by atoms with Crippen molar-refractivity contribution in [1.82, 2.24) is 10.2 Å². The van der Waals surface area contributed by atoms with Crippen molar-refractivity contribution in [2.75, 3.05) is 10.6 Å². The van der Waals surface area contributed by atoms with Crippen LogP contribution in [0.1, 0.15) is 42.5 Å². The van der Waals surface area contributed by atoms with E-state index >= 15 is 0 Å². The van der Waals surface area contributed by atoms with Gasteiger partial charge in [-0.05, 0) is 43.2 Å². The smallest absolute Gasteiger partial charge is 0.256 e. The topological polar surface area (TPSA) is 66.9 Å². The van der Waals surface area contributed by atoms with Crippen molar-refractivity contribution >= 4 is 17.5 Å². The maximum atomic E-state index is 13.1. The fourth-order valence-electron chi connectivity index (χ4n) is 2.75. The Morgan fingerprint density at radius 2 is 1.78 bits per heavy atom. The summed E-state index contributed by atoms with van der Waals surface area (Å²) in [5.41, 5.74) is 0.246. The maximum absolute atomic E-state index is 13.1. The van der Waals surface area contributed by atoms with Crippen LogP contribution in [0.5, 0.6) is 0 Å². The summed E-state index contributed by atoms with van der Waals surface area (Å²) in [6, 6.07) is 9.45. The maximum Gasteiger partial charge on any atom is 0.256 e. The average molecular weight is 314 g/mol. The fraction of sp³-hybridized carbons (Fsp3) is 0.353. The van der Waals surface area contributed by atoms with Crippen molar-refractivity contribution in [3.63, 3.8) is 0 Å². The minimum atomic E-state index is -0.448. The second-order valence-electron chi connectivity index (χ2n) is 5.75. The monoisotopic (exact) mass is 314 g/mol. The molecule has 0 saturated heterocycles. The third kappa shape index (κ3) is 4.25. The molecule has 0 bridgehead atoms. The molecule has 0 radical (unpaired) electrons. The Bertz CT molecular complexity index is 669. The number of rotatable bonds is 4. The predicted molar refractivity (Wildman–Crippen MR) is 86.9 cm³/mol. The van der Waals surface area contributed by atoms with E-state index in [2.05, 4.69) is 20.8 Å². The van der Waals surface area contributed by atoms with Crippen LogP contribution in [0.2, 0.25) is 0 Å². The molecule has 0 atom stereocenters. The van der Waals surface area contributed by atoms with E-state index in [1.807, 2.05) is 0 Å². The first-order valence-corrected chi connectivity index (χ1v) is 7.88. The number of anilines is 2. The quantitative estimate of drug-likeness (QED) is 0.904. The zero-order valence-electron chi connectivity index (χ0n) is 12.8. The Balaban J connectivity index is 1.59. The number of benzene rings is 1. The molecule has 1 aromatic carbocycles. The molecule has 120 valence electrons. The Kier molecular flexibility index (Phi) is 4.80. The Labute approximate surface area is 134 Å². The minimum absolute atomic E-state index is 0.246. The molecule has 3 rings (SSSR count). The lowest BCUT2D eigenvalue weighted by atomic mass is 9.95. The number of aromatic nitrogens is 2. The van der Waals surface area contributed by atoms with Gasteiger partial charge < -0.3 is 10.6 Å². The number of halogens is 1. The van der Waals surface area contributed by atoms with Crippen molar-refractivity contribution in [2.45, 2.75) is 38.1 Å². The van der Waals surface area contributed by atoms with E-state index in [0.29, 0.717) is 17.7 Å². The standard InChI is InChI=1S/C17H19FN4O/c18-13-6-4-5-12(11-13)17(23)20-16-10-9-15(21-22-16)19-14-7-2-1-3-8-14/h4-6,9-11,14H,1-3,7-8H2,(H,19,21)(H,20,22,23). The van der Waals surface area contributed by atoms with Gasteiger partial charge in [-0.25, -0.2) is 4.39 Å². The van der Waals surface area contributed by atoms with E-state index in [9.17, 15) is 9.18 Å². The zero-order chi connectivity index (χ0) is 16.1. The molecule has 2 N–H and O–H groups in total. The van der Waals surface area contributed by atoms with Crippen LogP contribution in [-0.4, -0.2) is 22.1 Å². The molecular formula is C17H19FN4O. The molecule has 5 nitrogen and oxygen atoms in total. The van der Waals surface area contributed by atoms with Crippen molar-refractivity contribution in [1.29, 1.82) is 0 Å². The summed E-state index contributed by atoms with van der Waals surface area (Å²) in [5.74, 6) is 0.191. The molecule has 0 unspecified atom stereocenters. The van der Waals surface area contributed by atoms with E-state index in [0.717, 1.165) is 12.8 Å². The van der Waals surface area contributed by atoms with Gasteiger partial charge in [-0.2, -0.15) is 0 Å². The lowest BCUT2D eigenvalue weighted by molar-refractivity contribution is 0.102. The van der Waals surface area contributed by atoms with Gasteiger partial charge in [0.1, 0.15) is 11.6 Å². The molecule has 1 aromatic heterocycles. The second-order valence-corrected chi connectivity index (χ2v) is 5.75. The molecule has 1 heterocycles. The third-order valence-electron chi connectivity index (χ3n) is 3.95. The van der Waals surface area contributed by atoms with Crippen LogP contribution >= 0.6 is 0 Å². The molecule has 1 fully saturated rings. The third-order valence-corrected chi connectivity index (χ3v) is 3.95. The summed E-state index contributed by atoms with van der Waals surface area (Å²) >= 11 is 0. The highest BCUT2D eigenvalue weighted by molar-refractivity contribution is 6.03. The van der Waals surface area contributed by atoms with Gasteiger partial charge in [0.25, 0.3) is 5.91 Å². The highest BCUT2D eigenvalue weighted by Crippen LogP contribution is 2.20. The largest absolute Gasteiger partial charge is 0.366 e. The molecule has 1 aliphatic rings. The van der Waals surface area contributed by atoms with Crippen molar-refractivity contribution in [3.05, 3.63) is 47.8 Å². The summed E-state index contributed by atoms with van der Waals surface area (Å²) < 4.78 is 13.1. The molecule has 0 spiro atoms. The van der Waals surface area contributed by atoms with Crippen molar-refractivity contribution < 1.29 is 9.18 Å². The lowest BCUT2D eigenvalue weighted by Crippen LogP contribution is -2.23. The molecule has 23 heavy (non-hydrogen) atoms. The summed E-state index contributed by atoms with van der Waals surface area (Å²) in [6.07, 6.45) is 6.09. The minimum Gasteiger partial charge on any atom is -0.366 e. The second kappa shape index (κ2) is 7.17. The van der Waals surface area contributed by atoms with Gasteiger partial charge in [-0.1, -0.05) is 25.3 Å². The molecule has 2 aromatic rings. The molecule has 1 amide bonds. The van der Waals surface area contributed by atoms with Gasteiger partial charge in [0.05, 0.1) is 0 Å². The number of carbonyl (C=O) groups excluding carboxylic acids is 1. The number of nitrogens with zero attached hydrogens (tertiary/aromatic N) is 2. The summed E-state index contributed by atoms with van der Waals surface area (Å²) in [7, 11) is 0. The van der Waals surface area contributed by atoms with Crippen molar-refractivity contribution in [3.8, 4) is 0 Å². The number of hydrogen-bond donors (Lipinski definition) is 2. The number of amides is 1. The van der Waals surface area contributed by atoms with Crippen LogP contribution in [-0.2, 0) is 0 Å². The van der Waals surface area contributed by atoms with Crippen LogP contribution in [0.3, 0.4) is 0 Å². The Hall–Kier alpha value is -2.50. The van der Waals surface area contributed by atoms with Gasteiger partial charge in [-0.15, -0.1) is 10.2 Å². The van der Waals surface area contributed by atoms with Gasteiger partial charge >= 0.3 is 0 Å². The van der Waals surface area contributed by atoms with Crippen LogP contribution in [0.25, 0.3) is 0 Å². The fourth-order valence-corrected chi connectivity index (χ4v) is 2.75. The summed E-state index contributed by atoms with van der Waals surface area (Å²) in [6.45, 7) is 0. The number of carbonyl (C=O) groups is 1. The zero-order valence-corrected chi connectivity index (χ0v) is 12.8. The molecule has 1 saturated carbocycles. The molecular weight excluding hydrogens is 295 g/mol. The SMILES string of the molecule is O=C(Nc1ccc(NC2CCCCC2)nn1)c1cccc(F)c1. The summed E-state index contributed by atoms with van der Waals surface area (Å²) in [4.78, 5) is 12.0. The van der Waals surface area contributed by atoms with Gasteiger partial charge in [-0.3, -0.25) is 4.79 Å². The lowest BCUT2D eigenvalue weighted by Gasteiger charge is -2.22. The van der Waals surface area contributed by atoms with Crippen LogP contribution in [0, 0.1) is 5.82 Å². The Morgan fingerprint density at radius 1 is 1.04 bits per heavy atom. The first-order valence-electron chi connectivity index (χ1n) is 7.88. The number of hydrogen-bond acceptors (Lipinski definition) is 4. The van der Waals surface area contributed by atoms with E-state index in [1.165, 1.54) is 37.5 Å². The molecule has 6 heteroatoms. The summed E-state index contributed by atoms with van der Waals surface area (Å²) in [5, 5.41) is 14.1. The predicted octanol–water partition coefficient (Wildman–Crippen LogP) is 3.61. The first-order chi connectivity index (χ1) is 11.2. The highest BCUT2D eigenvalue weighted by Gasteiger charge is 2.14.